The van der Waals surface area contributed by atoms with Crippen LogP contribution in [0.1, 0.15) is 50.4 Å². The summed E-state index contributed by atoms with van der Waals surface area (Å²) in [5.74, 6) is 1.70. The van der Waals surface area contributed by atoms with Crippen molar-refractivity contribution in [1.29, 1.82) is 0 Å². The van der Waals surface area contributed by atoms with Crippen LogP contribution in [0.2, 0.25) is 0 Å². The summed E-state index contributed by atoms with van der Waals surface area (Å²) in [6.07, 6.45) is 2.76. The number of likely N-dealkylation sites (tertiary alicyclic amines) is 1. The van der Waals surface area contributed by atoms with Gasteiger partial charge in [-0.2, -0.15) is 0 Å². The van der Waals surface area contributed by atoms with Crippen LogP contribution in [0.15, 0.2) is 23.1 Å². The first kappa shape index (κ1) is 20.7. The minimum absolute atomic E-state index is 0.0232. The molecule has 144 valence electrons. The summed E-state index contributed by atoms with van der Waals surface area (Å²) in [5, 5.41) is 11.4. The Hall–Kier alpha value is -1.60. The fraction of sp³-hybridized carbons (Fsp3) is 0.632. The van der Waals surface area contributed by atoms with Gasteiger partial charge in [0, 0.05) is 30.8 Å². The average molecular weight is 380 g/mol. The number of thioether (sulfide) groups is 1. The smallest absolute Gasteiger partial charge is 0.283 e. The molecule has 1 aromatic rings. The lowest BCUT2D eigenvalue weighted by molar-refractivity contribution is -0.387. The monoisotopic (exact) mass is 379 g/mol. The van der Waals surface area contributed by atoms with Crippen molar-refractivity contribution in [2.24, 2.45) is 17.6 Å². The normalized spacial score (nSPS) is 16.7. The van der Waals surface area contributed by atoms with Gasteiger partial charge >= 0.3 is 0 Å². The topological polar surface area (TPSA) is 89.5 Å². The van der Waals surface area contributed by atoms with Gasteiger partial charge in [0.2, 0.25) is 0 Å². The van der Waals surface area contributed by atoms with E-state index in [9.17, 15) is 14.9 Å². The van der Waals surface area contributed by atoms with Crippen molar-refractivity contribution in [3.05, 3.63) is 33.9 Å². The molecule has 1 atom stereocenters. The van der Waals surface area contributed by atoms with Crippen molar-refractivity contribution in [3.8, 4) is 0 Å². The molecule has 26 heavy (non-hydrogen) atoms. The van der Waals surface area contributed by atoms with E-state index in [1.165, 1.54) is 17.8 Å². The third kappa shape index (κ3) is 5.45. The van der Waals surface area contributed by atoms with Crippen LogP contribution in [0.3, 0.4) is 0 Å². The van der Waals surface area contributed by atoms with E-state index in [0.717, 1.165) is 25.0 Å². The molecule has 1 aliphatic heterocycles. The lowest BCUT2D eigenvalue weighted by Crippen LogP contribution is -2.42. The number of hydrogen-bond acceptors (Lipinski definition) is 5. The van der Waals surface area contributed by atoms with Crippen LogP contribution in [0.5, 0.6) is 0 Å². The molecule has 0 radical (unpaired) electrons. The maximum Gasteiger partial charge on any atom is 0.283 e. The van der Waals surface area contributed by atoms with Crippen LogP contribution < -0.4 is 5.73 Å². The van der Waals surface area contributed by atoms with Gasteiger partial charge in [0.1, 0.15) is 0 Å². The molecule has 0 spiro atoms. The third-order valence-electron chi connectivity index (χ3n) is 4.93. The van der Waals surface area contributed by atoms with E-state index in [-0.39, 0.29) is 17.6 Å². The lowest BCUT2D eigenvalue weighted by Gasteiger charge is -2.33. The molecule has 1 saturated heterocycles. The van der Waals surface area contributed by atoms with E-state index in [4.69, 9.17) is 5.73 Å². The Morgan fingerprint density at radius 3 is 2.54 bits per heavy atom. The standard InChI is InChI=1S/C19H29N3O3S/c1-13(2)8-11-26-18-5-4-16(12-17(18)22(24)25)19(23)21-9-6-15(7-10-21)14(3)20/h4-5,12-15H,6-11,20H2,1-3H3. The van der Waals surface area contributed by atoms with E-state index >= 15 is 0 Å². The van der Waals surface area contributed by atoms with Crippen molar-refractivity contribution in [1.82, 2.24) is 4.90 Å². The maximum absolute atomic E-state index is 12.7. The molecule has 1 amide bonds. The number of benzene rings is 1. The molecule has 0 bridgehead atoms. The Balaban J connectivity index is 2.08. The number of nitro groups is 1. The highest BCUT2D eigenvalue weighted by atomic mass is 32.2. The number of piperidine rings is 1. The number of nitrogens with two attached hydrogens (primary N) is 1. The fourth-order valence-corrected chi connectivity index (χ4v) is 4.39. The predicted octanol–water partition coefficient (Wildman–Crippen LogP) is 3.93. The second-order valence-electron chi connectivity index (χ2n) is 7.46. The van der Waals surface area contributed by atoms with Gasteiger partial charge in [-0.1, -0.05) is 13.8 Å². The molecule has 0 aliphatic carbocycles. The zero-order valence-electron chi connectivity index (χ0n) is 15.8. The fourth-order valence-electron chi connectivity index (χ4n) is 3.13. The second kappa shape index (κ2) is 9.37. The summed E-state index contributed by atoms with van der Waals surface area (Å²) in [4.78, 5) is 26.2. The van der Waals surface area contributed by atoms with Gasteiger partial charge in [0.25, 0.3) is 11.6 Å². The zero-order chi connectivity index (χ0) is 19.3. The number of nitrogens with zero attached hydrogens (tertiary/aromatic N) is 2. The van der Waals surface area contributed by atoms with Crippen LogP contribution in [0.4, 0.5) is 5.69 Å². The number of amides is 1. The Bertz CT molecular complexity index is 641. The van der Waals surface area contributed by atoms with E-state index in [2.05, 4.69) is 13.8 Å². The molecule has 7 heteroatoms. The Labute approximate surface area is 159 Å². The number of rotatable bonds is 7. The molecule has 2 N–H and O–H groups in total. The van der Waals surface area contributed by atoms with Gasteiger partial charge < -0.3 is 10.6 Å². The number of carbonyl (C=O) groups is 1. The molecule has 1 fully saturated rings. The van der Waals surface area contributed by atoms with Crippen molar-refractivity contribution in [3.63, 3.8) is 0 Å². The summed E-state index contributed by atoms with van der Waals surface area (Å²) < 4.78 is 0. The summed E-state index contributed by atoms with van der Waals surface area (Å²) >= 11 is 1.48. The van der Waals surface area contributed by atoms with E-state index < -0.39 is 4.92 Å². The Morgan fingerprint density at radius 1 is 1.35 bits per heavy atom. The van der Waals surface area contributed by atoms with Crippen LogP contribution in [0, 0.1) is 22.0 Å². The zero-order valence-corrected chi connectivity index (χ0v) is 16.6. The summed E-state index contributed by atoms with van der Waals surface area (Å²) in [5.41, 5.74) is 6.36. The van der Waals surface area contributed by atoms with Crippen molar-refractivity contribution < 1.29 is 9.72 Å². The van der Waals surface area contributed by atoms with E-state index in [0.29, 0.717) is 35.4 Å². The largest absolute Gasteiger partial charge is 0.339 e. The highest BCUT2D eigenvalue weighted by Gasteiger charge is 2.27. The van der Waals surface area contributed by atoms with Crippen LogP contribution in [0.25, 0.3) is 0 Å². The van der Waals surface area contributed by atoms with Crippen molar-refractivity contribution in [2.75, 3.05) is 18.8 Å². The molecule has 1 aliphatic rings. The summed E-state index contributed by atoms with van der Waals surface area (Å²) in [6, 6.07) is 4.99. The van der Waals surface area contributed by atoms with Gasteiger partial charge in [-0.15, -0.1) is 11.8 Å². The number of hydrogen-bond donors (Lipinski definition) is 1. The number of nitro benzene ring substituents is 1. The first-order valence-corrected chi connectivity index (χ1v) is 10.2. The quantitative estimate of drug-likeness (QED) is 0.440. The second-order valence-corrected chi connectivity index (χ2v) is 8.60. The summed E-state index contributed by atoms with van der Waals surface area (Å²) in [7, 11) is 0. The van der Waals surface area contributed by atoms with Crippen LogP contribution in [-0.2, 0) is 0 Å². The molecule has 1 unspecified atom stereocenters. The van der Waals surface area contributed by atoms with Crippen molar-refractivity contribution in [2.45, 2.75) is 51.0 Å². The highest BCUT2D eigenvalue weighted by Crippen LogP contribution is 2.32. The van der Waals surface area contributed by atoms with Crippen LogP contribution >= 0.6 is 11.8 Å². The molecular formula is C19H29N3O3S. The minimum Gasteiger partial charge on any atom is -0.339 e. The molecule has 2 rings (SSSR count). The highest BCUT2D eigenvalue weighted by molar-refractivity contribution is 7.99. The van der Waals surface area contributed by atoms with E-state index in [1.54, 1.807) is 17.0 Å². The molecular weight excluding hydrogens is 350 g/mol. The van der Waals surface area contributed by atoms with Gasteiger partial charge in [0.15, 0.2) is 0 Å². The summed E-state index contributed by atoms with van der Waals surface area (Å²) in [6.45, 7) is 7.57. The minimum atomic E-state index is -0.392. The number of carbonyl (C=O) groups excluding carboxylic acids is 1. The van der Waals surface area contributed by atoms with Gasteiger partial charge in [-0.05, 0) is 55.9 Å². The lowest BCUT2D eigenvalue weighted by atomic mass is 9.90. The van der Waals surface area contributed by atoms with E-state index in [1.807, 2.05) is 6.92 Å². The predicted molar refractivity (Wildman–Crippen MR) is 106 cm³/mol. The maximum atomic E-state index is 12.7. The first-order chi connectivity index (χ1) is 12.3. The SMILES string of the molecule is CC(C)CCSc1ccc(C(=O)N2CCC(C(C)N)CC2)cc1[N+](=O)[O-]. The molecule has 1 heterocycles. The van der Waals surface area contributed by atoms with Gasteiger partial charge in [0.05, 0.1) is 9.82 Å². The molecule has 1 aromatic carbocycles. The first-order valence-electron chi connectivity index (χ1n) is 9.25. The van der Waals surface area contributed by atoms with Gasteiger partial charge in [-0.25, -0.2) is 0 Å². The molecule has 0 aromatic heterocycles. The molecule has 6 nitrogen and oxygen atoms in total. The van der Waals surface area contributed by atoms with Crippen molar-refractivity contribution >= 4 is 23.4 Å². The molecule has 0 saturated carbocycles. The van der Waals surface area contributed by atoms with Crippen LogP contribution in [-0.4, -0.2) is 40.6 Å². The Kier molecular flexibility index (Phi) is 7.46. The third-order valence-corrected chi connectivity index (χ3v) is 6.02. The Morgan fingerprint density at radius 2 is 2.00 bits per heavy atom. The average Bonchev–Trinajstić information content (AvgIpc) is 2.61. The van der Waals surface area contributed by atoms with Gasteiger partial charge in [-0.3, -0.25) is 14.9 Å².